The Hall–Kier alpha value is -2.78. The minimum absolute atomic E-state index is 0.0403. The van der Waals surface area contributed by atoms with E-state index in [2.05, 4.69) is 17.9 Å². The molecule has 0 saturated carbocycles. The summed E-state index contributed by atoms with van der Waals surface area (Å²) in [5, 5.41) is 0. The number of fused-ring (bicyclic) bond motifs is 2. The van der Waals surface area contributed by atoms with Crippen LogP contribution in [0.25, 0.3) is 0 Å². The maximum Gasteiger partial charge on any atom is 0.410 e. The molecular formula is C27H36N2O6S. The molecule has 0 spiro atoms. The van der Waals surface area contributed by atoms with E-state index in [0.717, 1.165) is 35.4 Å². The van der Waals surface area contributed by atoms with Gasteiger partial charge in [0, 0.05) is 19.6 Å². The highest BCUT2D eigenvalue weighted by molar-refractivity contribution is 7.86. The van der Waals surface area contributed by atoms with E-state index in [1.165, 1.54) is 11.1 Å². The van der Waals surface area contributed by atoms with Crippen molar-refractivity contribution >= 4 is 21.9 Å². The molecule has 196 valence electrons. The summed E-state index contributed by atoms with van der Waals surface area (Å²) in [4.78, 5) is 16.7. The van der Waals surface area contributed by atoms with Crippen molar-refractivity contribution in [3.05, 3.63) is 52.6 Å². The molecule has 0 aromatic heterocycles. The van der Waals surface area contributed by atoms with Gasteiger partial charge in [0.05, 0.1) is 23.7 Å². The summed E-state index contributed by atoms with van der Waals surface area (Å²) >= 11 is 0. The van der Waals surface area contributed by atoms with Gasteiger partial charge >= 0.3 is 6.09 Å². The number of aryl methyl sites for hydroxylation is 1. The number of hydrogen-bond acceptors (Lipinski definition) is 7. The smallest absolute Gasteiger partial charge is 0.410 e. The van der Waals surface area contributed by atoms with Gasteiger partial charge in [0.15, 0.2) is 0 Å². The first-order valence-corrected chi connectivity index (χ1v) is 13.8. The second-order valence-corrected chi connectivity index (χ2v) is 12.0. The van der Waals surface area contributed by atoms with Gasteiger partial charge in [0.1, 0.15) is 18.0 Å². The van der Waals surface area contributed by atoms with Crippen LogP contribution in [0, 0.1) is 13.8 Å². The van der Waals surface area contributed by atoms with Crippen LogP contribution < -0.4 is 9.64 Å². The molecule has 0 saturated heterocycles. The number of ether oxygens (including phenoxy) is 2. The molecule has 36 heavy (non-hydrogen) atoms. The Morgan fingerprint density at radius 2 is 1.75 bits per heavy atom. The number of nitrogens with zero attached hydrogens (tertiary/aromatic N) is 2. The zero-order chi connectivity index (χ0) is 26.1. The molecule has 2 aromatic rings. The standard InChI is InChI=1S/C27H36N2O6S/c1-19-6-8-22(9-7-19)36(31,32)34-17-15-28-14-16-33-24-18-21-10-12-29(26(30)35-27(3,4)5)13-11-23(21)20(2)25(24)28/h6-9,18H,10-17H2,1-5H3. The molecule has 2 aromatic carbocycles. The van der Waals surface area contributed by atoms with Crippen molar-refractivity contribution in [1.82, 2.24) is 4.90 Å². The Morgan fingerprint density at radius 3 is 2.44 bits per heavy atom. The van der Waals surface area contributed by atoms with Crippen molar-refractivity contribution in [1.29, 1.82) is 0 Å². The predicted octanol–water partition coefficient (Wildman–Crippen LogP) is 4.24. The Kier molecular flexibility index (Phi) is 7.52. The SMILES string of the molecule is Cc1ccc(S(=O)(=O)OCCN2CCOc3cc4c(c(C)c32)CCN(C(=O)OC(C)(C)C)CC4)cc1. The van der Waals surface area contributed by atoms with Crippen LogP contribution in [-0.4, -0.2) is 64.4 Å². The fourth-order valence-corrected chi connectivity index (χ4v) is 5.61. The van der Waals surface area contributed by atoms with Gasteiger partial charge in [-0.1, -0.05) is 17.7 Å². The molecule has 4 rings (SSSR count). The molecule has 2 aliphatic rings. The molecule has 1 amide bonds. The third-order valence-electron chi connectivity index (χ3n) is 6.51. The molecule has 8 nitrogen and oxygen atoms in total. The van der Waals surface area contributed by atoms with Gasteiger partial charge in [0.2, 0.25) is 0 Å². The first-order chi connectivity index (χ1) is 16.9. The summed E-state index contributed by atoms with van der Waals surface area (Å²) in [5.41, 5.74) is 4.93. The molecule has 2 heterocycles. The number of benzene rings is 2. The van der Waals surface area contributed by atoms with Crippen LogP contribution in [0.15, 0.2) is 35.2 Å². The van der Waals surface area contributed by atoms with Crippen molar-refractivity contribution < 1.29 is 26.9 Å². The zero-order valence-corrected chi connectivity index (χ0v) is 22.6. The van der Waals surface area contributed by atoms with Gasteiger partial charge in [-0.2, -0.15) is 8.42 Å². The topological polar surface area (TPSA) is 85.4 Å². The van der Waals surface area contributed by atoms with Crippen molar-refractivity contribution in [2.45, 2.75) is 58.0 Å². The van der Waals surface area contributed by atoms with Gasteiger partial charge in [0.25, 0.3) is 10.1 Å². The Labute approximate surface area is 214 Å². The quantitative estimate of drug-likeness (QED) is 0.550. The number of hydrogen-bond donors (Lipinski definition) is 0. The van der Waals surface area contributed by atoms with Crippen LogP contribution in [0.1, 0.15) is 43.0 Å². The summed E-state index contributed by atoms with van der Waals surface area (Å²) in [7, 11) is -3.82. The van der Waals surface area contributed by atoms with E-state index < -0.39 is 15.7 Å². The molecule has 0 bridgehead atoms. The average molecular weight is 517 g/mol. The average Bonchev–Trinajstić information content (AvgIpc) is 3.01. The number of carbonyl (C=O) groups excluding carboxylic acids is 1. The lowest BCUT2D eigenvalue weighted by molar-refractivity contribution is 0.0258. The lowest BCUT2D eigenvalue weighted by Crippen LogP contribution is -2.38. The maximum absolute atomic E-state index is 12.6. The van der Waals surface area contributed by atoms with Crippen LogP contribution in [-0.2, 0) is 31.9 Å². The highest BCUT2D eigenvalue weighted by Gasteiger charge is 2.29. The molecule has 0 unspecified atom stereocenters. The van der Waals surface area contributed by atoms with Crippen LogP contribution in [0.3, 0.4) is 0 Å². The molecule has 0 N–H and O–H groups in total. The molecule has 9 heteroatoms. The first kappa shape index (κ1) is 26.3. The van der Waals surface area contributed by atoms with E-state index in [9.17, 15) is 13.2 Å². The lowest BCUT2D eigenvalue weighted by atomic mass is 9.94. The van der Waals surface area contributed by atoms with Crippen LogP contribution in [0.2, 0.25) is 0 Å². The van der Waals surface area contributed by atoms with Crippen molar-refractivity contribution in [3.8, 4) is 5.75 Å². The van der Waals surface area contributed by atoms with E-state index in [4.69, 9.17) is 13.7 Å². The maximum atomic E-state index is 12.6. The van der Waals surface area contributed by atoms with Gasteiger partial charge < -0.3 is 19.3 Å². The molecule has 0 fully saturated rings. The van der Waals surface area contributed by atoms with E-state index in [1.54, 1.807) is 29.2 Å². The summed E-state index contributed by atoms with van der Waals surface area (Å²) in [6.07, 6.45) is 1.16. The predicted molar refractivity (Wildman–Crippen MR) is 138 cm³/mol. The van der Waals surface area contributed by atoms with Crippen LogP contribution >= 0.6 is 0 Å². The minimum Gasteiger partial charge on any atom is -0.490 e. The van der Waals surface area contributed by atoms with Gasteiger partial charge in [-0.25, -0.2) is 4.79 Å². The van der Waals surface area contributed by atoms with E-state index in [1.807, 2.05) is 27.7 Å². The highest BCUT2D eigenvalue weighted by Crippen LogP contribution is 2.39. The Balaban J connectivity index is 1.47. The zero-order valence-electron chi connectivity index (χ0n) is 21.8. The van der Waals surface area contributed by atoms with Crippen molar-refractivity contribution in [2.75, 3.05) is 44.3 Å². The Bertz CT molecular complexity index is 1220. The number of rotatable bonds is 5. The summed E-state index contributed by atoms with van der Waals surface area (Å²) in [6.45, 7) is 12.4. The summed E-state index contributed by atoms with van der Waals surface area (Å²) in [5.74, 6) is 0.796. The largest absolute Gasteiger partial charge is 0.490 e. The molecule has 2 aliphatic heterocycles. The number of amides is 1. The monoisotopic (exact) mass is 516 g/mol. The third-order valence-corrected chi connectivity index (χ3v) is 7.84. The van der Waals surface area contributed by atoms with E-state index >= 15 is 0 Å². The van der Waals surface area contributed by atoms with Gasteiger partial charge in [-0.15, -0.1) is 0 Å². The highest BCUT2D eigenvalue weighted by atomic mass is 32.2. The lowest BCUT2D eigenvalue weighted by Gasteiger charge is -2.34. The fraction of sp³-hybridized carbons (Fsp3) is 0.519. The second-order valence-electron chi connectivity index (χ2n) is 10.4. The normalized spacial score (nSPS) is 16.0. The first-order valence-electron chi connectivity index (χ1n) is 12.4. The number of anilines is 1. The molecule has 0 radical (unpaired) electrons. The van der Waals surface area contributed by atoms with E-state index in [-0.39, 0.29) is 17.6 Å². The second kappa shape index (κ2) is 10.3. The third kappa shape index (κ3) is 5.95. The minimum atomic E-state index is -3.82. The fourth-order valence-electron chi connectivity index (χ4n) is 4.71. The summed E-state index contributed by atoms with van der Waals surface area (Å²) in [6, 6.07) is 8.72. The van der Waals surface area contributed by atoms with Crippen LogP contribution in [0.5, 0.6) is 5.75 Å². The van der Waals surface area contributed by atoms with Crippen molar-refractivity contribution in [3.63, 3.8) is 0 Å². The Morgan fingerprint density at radius 1 is 1.06 bits per heavy atom. The number of carbonyl (C=O) groups is 1. The van der Waals surface area contributed by atoms with Crippen molar-refractivity contribution in [2.24, 2.45) is 0 Å². The van der Waals surface area contributed by atoms with Gasteiger partial charge in [-0.3, -0.25) is 4.18 Å². The molecule has 0 aliphatic carbocycles. The summed E-state index contributed by atoms with van der Waals surface area (Å²) < 4.78 is 42.1. The van der Waals surface area contributed by atoms with Gasteiger partial charge in [-0.05, 0) is 82.3 Å². The molecule has 0 atom stereocenters. The van der Waals surface area contributed by atoms with Crippen LogP contribution in [0.4, 0.5) is 10.5 Å². The molecular weight excluding hydrogens is 480 g/mol. The van der Waals surface area contributed by atoms with E-state index in [0.29, 0.717) is 32.8 Å².